The zero-order chi connectivity index (χ0) is 16.4. The molecule has 2 aromatic carbocycles. The van der Waals surface area contributed by atoms with E-state index >= 15 is 0 Å². The summed E-state index contributed by atoms with van der Waals surface area (Å²) in [4.78, 5) is 28.1. The minimum absolute atomic E-state index is 0.207. The van der Waals surface area contributed by atoms with Gasteiger partial charge in [0, 0.05) is 12.5 Å². The molecule has 4 heteroatoms. The fourth-order valence-corrected chi connectivity index (χ4v) is 2.82. The molecule has 0 aromatic heterocycles. The highest BCUT2D eigenvalue weighted by Crippen LogP contribution is 2.36. The Morgan fingerprint density at radius 2 is 1.83 bits per heavy atom. The van der Waals surface area contributed by atoms with Crippen molar-refractivity contribution < 1.29 is 14.4 Å². The summed E-state index contributed by atoms with van der Waals surface area (Å²) in [5.74, 6) is -0.743. The third-order valence-corrected chi connectivity index (χ3v) is 3.94. The van der Waals surface area contributed by atoms with E-state index < -0.39 is 5.97 Å². The van der Waals surface area contributed by atoms with Crippen LogP contribution in [0.15, 0.2) is 47.6 Å². The Morgan fingerprint density at radius 3 is 2.57 bits per heavy atom. The molecule has 116 valence electrons. The second-order valence-electron chi connectivity index (χ2n) is 5.51. The molecule has 0 atom stereocenters. The van der Waals surface area contributed by atoms with Crippen LogP contribution in [-0.2, 0) is 16.1 Å². The summed E-state index contributed by atoms with van der Waals surface area (Å²) in [6.45, 7) is 3.07. The lowest BCUT2D eigenvalue weighted by molar-refractivity contribution is -0.140. The van der Waals surface area contributed by atoms with E-state index in [2.05, 4.69) is 22.1 Å². The van der Waals surface area contributed by atoms with E-state index in [1.807, 2.05) is 37.3 Å². The lowest BCUT2D eigenvalue weighted by Crippen LogP contribution is -2.15. The predicted molar refractivity (Wildman–Crippen MR) is 88.5 cm³/mol. The van der Waals surface area contributed by atoms with Gasteiger partial charge >= 0.3 is 5.97 Å². The van der Waals surface area contributed by atoms with E-state index in [-0.39, 0.29) is 11.5 Å². The van der Waals surface area contributed by atoms with Gasteiger partial charge < -0.3 is 4.84 Å². The Morgan fingerprint density at radius 1 is 1.09 bits per heavy atom. The number of nitrogens with zero attached hydrogens (tertiary/aromatic N) is 1. The van der Waals surface area contributed by atoms with Crippen molar-refractivity contribution in [3.05, 3.63) is 59.2 Å². The number of fused-ring (bicyclic) bond motifs is 3. The molecule has 0 bridgehead atoms. The van der Waals surface area contributed by atoms with Crippen LogP contribution in [0.3, 0.4) is 0 Å². The first kappa shape index (κ1) is 15.2. The molecule has 0 radical (unpaired) electrons. The molecule has 4 nitrogen and oxygen atoms in total. The largest absolute Gasteiger partial charge is 0.331 e. The maximum atomic E-state index is 12.6. The monoisotopic (exact) mass is 307 g/mol. The fraction of sp³-hybridized carbons (Fsp3) is 0.211. The molecular formula is C19H17NO3. The highest BCUT2D eigenvalue weighted by atomic mass is 16.7. The number of oxime groups is 1. The van der Waals surface area contributed by atoms with E-state index in [9.17, 15) is 9.59 Å². The molecule has 0 amide bonds. The summed E-state index contributed by atoms with van der Waals surface area (Å²) in [6, 6.07) is 13.9. The fourth-order valence-electron chi connectivity index (χ4n) is 2.82. The van der Waals surface area contributed by atoms with Gasteiger partial charge in [-0.25, -0.2) is 4.79 Å². The molecular weight excluding hydrogens is 290 g/mol. The van der Waals surface area contributed by atoms with Gasteiger partial charge in [-0.1, -0.05) is 48.5 Å². The summed E-state index contributed by atoms with van der Waals surface area (Å²) < 4.78 is 0. The molecule has 1 aliphatic carbocycles. The summed E-state index contributed by atoms with van der Waals surface area (Å²) in [5, 5.41) is 3.67. The van der Waals surface area contributed by atoms with Gasteiger partial charge in [-0.2, -0.15) is 0 Å². The molecule has 0 saturated carbocycles. The zero-order valence-electron chi connectivity index (χ0n) is 13.1. The van der Waals surface area contributed by atoms with Gasteiger partial charge in [0.2, 0.25) is 5.78 Å². The average Bonchev–Trinajstić information content (AvgIpc) is 2.92. The quantitative estimate of drug-likeness (QED) is 0.319. The van der Waals surface area contributed by atoms with Crippen molar-refractivity contribution in [2.75, 3.05) is 0 Å². The van der Waals surface area contributed by atoms with Gasteiger partial charge in [-0.15, -0.1) is 0 Å². The lowest BCUT2D eigenvalue weighted by Gasteiger charge is -2.06. The standard InChI is InChI=1S/C19H17NO3/c1-3-18(20-23-12(2)21)19(22)15-9-8-14-10-13-6-4-5-7-16(13)17(14)11-15/h4-9,11H,3,10H2,1-2H3/b20-18-. The van der Waals surface area contributed by atoms with E-state index in [0.29, 0.717) is 12.0 Å². The van der Waals surface area contributed by atoms with E-state index in [1.54, 1.807) is 0 Å². The Hall–Kier alpha value is -2.75. The number of carbonyl (C=O) groups excluding carboxylic acids is 2. The lowest BCUT2D eigenvalue weighted by atomic mass is 9.98. The Balaban J connectivity index is 1.96. The minimum atomic E-state index is -0.536. The van der Waals surface area contributed by atoms with Crippen LogP contribution in [0.25, 0.3) is 11.1 Å². The number of carbonyl (C=O) groups is 2. The first-order chi connectivity index (χ1) is 11.1. The zero-order valence-corrected chi connectivity index (χ0v) is 13.1. The Kier molecular flexibility index (Phi) is 4.06. The van der Waals surface area contributed by atoms with E-state index in [0.717, 1.165) is 12.0 Å². The number of Topliss-reactive ketones (excluding diaryl/α,β-unsaturated/α-hetero) is 1. The van der Waals surface area contributed by atoms with Crippen LogP contribution in [0.4, 0.5) is 0 Å². The van der Waals surface area contributed by atoms with Crippen LogP contribution < -0.4 is 0 Å². The number of rotatable bonds is 4. The maximum Gasteiger partial charge on any atom is 0.331 e. The van der Waals surface area contributed by atoms with Crippen molar-refractivity contribution >= 4 is 17.5 Å². The van der Waals surface area contributed by atoms with Gasteiger partial charge in [0.1, 0.15) is 5.71 Å². The Bertz CT molecular complexity index is 821. The molecule has 0 unspecified atom stereocenters. The van der Waals surface area contributed by atoms with E-state index in [4.69, 9.17) is 0 Å². The third-order valence-electron chi connectivity index (χ3n) is 3.94. The number of ketones is 1. The van der Waals surface area contributed by atoms with Crippen LogP contribution in [0.2, 0.25) is 0 Å². The van der Waals surface area contributed by atoms with Crippen molar-refractivity contribution in [3.8, 4) is 11.1 Å². The molecule has 0 N–H and O–H groups in total. The molecule has 1 aliphatic rings. The second-order valence-corrected chi connectivity index (χ2v) is 5.51. The SMILES string of the molecule is CC/C(=N/OC(C)=O)C(=O)c1ccc2c(c1)-c1ccccc1C2. The highest BCUT2D eigenvalue weighted by Gasteiger charge is 2.21. The van der Waals surface area contributed by atoms with Crippen molar-refractivity contribution in [2.24, 2.45) is 5.16 Å². The minimum Gasteiger partial charge on any atom is -0.318 e. The molecule has 0 spiro atoms. The van der Waals surface area contributed by atoms with Gasteiger partial charge in [-0.3, -0.25) is 4.79 Å². The number of benzene rings is 2. The van der Waals surface area contributed by atoms with Crippen LogP contribution in [0.1, 0.15) is 41.8 Å². The highest BCUT2D eigenvalue weighted by molar-refractivity contribution is 6.46. The second kappa shape index (κ2) is 6.16. The molecule has 0 saturated heterocycles. The van der Waals surface area contributed by atoms with Crippen molar-refractivity contribution in [2.45, 2.75) is 26.7 Å². The van der Waals surface area contributed by atoms with Crippen LogP contribution in [0, 0.1) is 0 Å². The summed E-state index contributed by atoms with van der Waals surface area (Å²) in [6.07, 6.45) is 1.29. The van der Waals surface area contributed by atoms with Crippen LogP contribution >= 0.6 is 0 Å². The molecule has 23 heavy (non-hydrogen) atoms. The molecule has 2 aromatic rings. The molecule has 0 aliphatic heterocycles. The van der Waals surface area contributed by atoms with Crippen molar-refractivity contribution in [1.29, 1.82) is 0 Å². The van der Waals surface area contributed by atoms with Gasteiger partial charge in [0.15, 0.2) is 0 Å². The molecule has 0 fully saturated rings. The van der Waals surface area contributed by atoms with Gasteiger partial charge in [0.25, 0.3) is 0 Å². The average molecular weight is 307 g/mol. The topological polar surface area (TPSA) is 55.7 Å². The van der Waals surface area contributed by atoms with Gasteiger partial charge in [-0.05, 0) is 41.2 Å². The molecule has 3 rings (SSSR count). The predicted octanol–water partition coefficient (Wildman–Crippen LogP) is 3.77. The van der Waals surface area contributed by atoms with Crippen LogP contribution in [-0.4, -0.2) is 17.5 Å². The Labute approximate surface area is 134 Å². The normalized spacial score (nSPS) is 12.5. The maximum absolute atomic E-state index is 12.6. The van der Waals surface area contributed by atoms with Gasteiger partial charge in [0.05, 0.1) is 0 Å². The smallest absolute Gasteiger partial charge is 0.318 e. The first-order valence-corrected chi connectivity index (χ1v) is 7.60. The summed E-state index contributed by atoms with van der Waals surface area (Å²) in [5.41, 5.74) is 5.57. The summed E-state index contributed by atoms with van der Waals surface area (Å²) >= 11 is 0. The van der Waals surface area contributed by atoms with Crippen molar-refractivity contribution in [1.82, 2.24) is 0 Å². The molecule has 0 heterocycles. The van der Waals surface area contributed by atoms with Crippen molar-refractivity contribution in [3.63, 3.8) is 0 Å². The first-order valence-electron chi connectivity index (χ1n) is 7.60. The number of hydrogen-bond donors (Lipinski definition) is 0. The van der Waals surface area contributed by atoms with Crippen LogP contribution in [0.5, 0.6) is 0 Å². The third kappa shape index (κ3) is 2.93. The number of hydrogen-bond acceptors (Lipinski definition) is 4. The summed E-state index contributed by atoms with van der Waals surface area (Å²) in [7, 11) is 0. The van der Waals surface area contributed by atoms with E-state index in [1.165, 1.54) is 23.6 Å².